The summed E-state index contributed by atoms with van der Waals surface area (Å²) in [6, 6.07) is -2.48. The molecule has 0 aliphatic carbocycles. The maximum Gasteiger partial charge on any atom is 0.410 e. The molecule has 0 amide bonds. The van der Waals surface area contributed by atoms with E-state index in [0.717, 1.165) is 16.6 Å². The van der Waals surface area contributed by atoms with Crippen LogP contribution >= 0.6 is 0 Å². The van der Waals surface area contributed by atoms with Gasteiger partial charge in [0, 0.05) is 24.7 Å². The van der Waals surface area contributed by atoms with Crippen molar-refractivity contribution >= 4 is 11.8 Å². The molecule has 1 N–H and O–H groups in total. The van der Waals surface area contributed by atoms with Gasteiger partial charge in [0.25, 0.3) is 0 Å². The van der Waals surface area contributed by atoms with Gasteiger partial charge >= 0.3 is 12.1 Å². The van der Waals surface area contributed by atoms with Crippen molar-refractivity contribution < 1.29 is 22.7 Å². The van der Waals surface area contributed by atoms with Gasteiger partial charge in [-0.05, 0) is 13.8 Å². The zero-order chi connectivity index (χ0) is 18.4. The van der Waals surface area contributed by atoms with Crippen molar-refractivity contribution in [2.75, 3.05) is 11.9 Å². The van der Waals surface area contributed by atoms with Crippen LogP contribution < -0.4 is 5.32 Å². The summed E-state index contributed by atoms with van der Waals surface area (Å²) in [7, 11) is 1.72. The van der Waals surface area contributed by atoms with Gasteiger partial charge in [0.2, 0.25) is 0 Å². The number of anilines is 1. The predicted molar refractivity (Wildman–Crippen MR) is 82.2 cm³/mol. The molecule has 0 radical (unpaired) electrons. The standard InChI is InChI=1S/C15H18F3N5O2/c1-4-25-14(24)10-7-20-23-12(15(16,17)18)5-11(21-13(10)23)9-6-19-22(3)8(9)2/h6-7,11-12,21H,4-5H2,1-3H3/t11-,12-/m0/s1. The number of carbonyl (C=O) groups is 1. The molecule has 25 heavy (non-hydrogen) atoms. The molecule has 2 aromatic rings. The van der Waals surface area contributed by atoms with E-state index >= 15 is 0 Å². The molecule has 136 valence electrons. The van der Waals surface area contributed by atoms with Gasteiger partial charge in [0.05, 0.1) is 25.0 Å². The molecule has 0 saturated heterocycles. The lowest BCUT2D eigenvalue weighted by atomic mass is 9.97. The molecule has 0 spiro atoms. The summed E-state index contributed by atoms with van der Waals surface area (Å²) in [5, 5.41) is 10.9. The van der Waals surface area contributed by atoms with Crippen LogP contribution in [0.5, 0.6) is 0 Å². The fourth-order valence-electron chi connectivity index (χ4n) is 2.98. The van der Waals surface area contributed by atoms with Gasteiger partial charge < -0.3 is 10.1 Å². The molecule has 0 bridgehead atoms. The van der Waals surface area contributed by atoms with E-state index in [1.54, 1.807) is 25.6 Å². The molecule has 1 aliphatic rings. The maximum absolute atomic E-state index is 13.5. The second-order valence-electron chi connectivity index (χ2n) is 5.87. The van der Waals surface area contributed by atoms with Crippen molar-refractivity contribution in [2.45, 2.75) is 38.5 Å². The Morgan fingerprint density at radius 3 is 2.68 bits per heavy atom. The zero-order valence-corrected chi connectivity index (χ0v) is 14.0. The minimum atomic E-state index is -4.50. The van der Waals surface area contributed by atoms with Crippen molar-refractivity contribution in [3.63, 3.8) is 0 Å². The summed E-state index contributed by atoms with van der Waals surface area (Å²) in [4.78, 5) is 12.0. The highest BCUT2D eigenvalue weighted by atomic mass is 19.4. The Balaban J connectivity index is 2.05. The first-order valence-electron chi connectivity index (χ1n) is 7.80. The van der Waals surface area contributed by atoms with Crippen LogP contribution in [0.15, 0.2) is 12.4 Å². The van der Waals surface area contributed by atoms with E-state index in [-0.39, 0.29) is 24.4 Å². The second-order valence-corrected chi connectivity index (χ2v) is 5.87. The summed E-state index contributed by atoms with van der Waals surface area (Å²) in [5.41, 5.74) is 1.39. The van der Waals surface area contributed by atoms with Crippen molar-refractivity contribution in [3.8, 4) is 0 Å². The Labute approximate surface area is 141 Å². The third-order valence-corrected chi connectivity index (χ3v) is 4.38. The minimum Gasteiger partial charge on any atom is -0.462 e. The van der Waals surface area contributed by atoms with Gasteiger partial charge in [-0.2, -0.15) is 23.4 Å². The lowest BCUT2D eigenvalue weighted by molar-refractivity contribution is -0.173. The van der Waals surface area contributed by atoms with Crippen molar-refractivity contribution in [1.82, 2.24) is 19.6 Å². The van der Waals surface area contributed by atoms with Gasteiger partial charge in [-0.1, -0.05) is 0 Å². The average Bonchev–Trinajstić information content (AvgIpc) is 3.10. The van der Waals surface area contributed by atoms with Crippen LogP contribution in [-0.2, 0) is 11.8 Å². The number of alkyl halides is 3. The quantitative estimate of drug-likeness (QED) is 0.855. The van der Waals surface area contributed by atoms with Crippen LogP contribution in [-0.4, -0.2) is 38.3 Å². The van der Waals surface area contributed by atoms with Gasteiger partial charge in [-0.25, -0.2) is 9.48 Å². The number of nitrogens with one attached hydrogen (secondary N) is 1. The van der Waals surface area contributed by atoms with E-state index in [1.807, 2.05) is 0 Å². The molecule has 0 aromatic carbocycles. The van der Waals surface area contributed by atoms with Crippen LogP contribution in [0.1, 0.15) is 47.0 Å². The highest BCUT2D eigenvalue weighted by Crippen LogP contribution is 2.44. The van der Waals surface area contributed by atoms with Crippen molar-refractivity contribution in [1.29, 1.82) is 0 Å². The predicted octanol–water partition coefficient (Wildman–Crippen LogP) is 2.76. The van der Waals surface area contributed by atoms with Crippen LogP contribution in [0.4, 0.5) is 19.0 Å². The van der Waals surface area contributed by atoms with Crippen molar-refractivity contribution in [2.24, 2.45) is 7.05 Å². The van der Waals surface area contributed by atoms with E-state index in [1.165, 1.54) is 6.20 Å². The second kappa shape index (κ2) is 6.08. The van der Waals surface area contributed by atoms with Gasteiger partial charge in [0.1, 0.15) is 11.4 Å². The van der Waals surface area contributed by atoms with Crippen molar-refractivity contribution in [3.05, 3.63) is 29.2 Å². The largest absolute Gasteiger partial charge is 0.462 e. The number of ether oxygens (including phenoxy) is 1. The summed E-state index contributed by atoms with van der Waals surface area (Å²) in [6.45, 7) is 3.53. The molecule has 7 nitrogen and oxygen atoms in total. The number of carbonyl (C=O) groups excluding carboxylic acids is 1. The molecule has 10 heteroatoms. The van der Waals surface area contributed by atoms with E-state index in [9.17, 15) is 18.0 Å². The van der Waals surface area contributed by atoms with Crippen LogP contribution in [0.2, 0.25) is 0 Å². The number of hydrogen-bond acceptors (Lipinski definition) is 5. The fraction of sp³-hybridized carbons (Fsp3) is 0.533. The first-order valence-corrected chi connectivity index (χ1v) is 7.80. The normalized spacial score (nSPS) is 20.1. The minimum absolute atomic E-state index is 0.0117. The van der Waals surface area contributed by atoms with Gasteiger partial charge in [-0.15, -0.1) is 0 Å². The van der Waals surface area contributed by atoms with Gasteiger partial charge in [-0.3, -0.25) is 4.68 Å². The Kier molecular flexibility index (Phi) is 4.21. The molecule has 2 atom stereocenters. The molecule has 0 fully saturated rings. The van der Waals surface area contributed by atoms with Crippen LogP contribution in [0.25, 0.3) is 0 Å². The first kappa shape index (κ1) is 17.3. The number of hydrogen-bond donors (Lipinski definition) is 1. The van der Waals surface area contributed by atoms with Crippen LogP contribution in [0, 0.1) is 6.92 Å². The molecule has 2 aromatic heterocycles. The highest BCUT2D eigenvalue weighted by Gasteiger charge is 2.47. The number of nitrogens with zero attached hydrogens (tertiary/aromatic N) is 4. The number of halogens is 3. The average molecular weight is 357 g/mol. The number of rotatable bonds is 3. The Morgan fingerprint density at radius 1 is 1.40 bits per heavy atom. The summed E-state index contributed by atoms with van der Waals surface area (Å²) < 4.78 is 48.0. The Hall–Kier alpha value is -2.52. The lowest BCUT2D eigenvalue weighted by Crippen LogP contribution is -2.36. The molecular formula is C15H18F3N5O2. The molecule has 3 heterocycles. The highest BCUT2D eigenvalue weighted by molar-refractivity contribution is 5.94. The smallest absolute Gasteiger partial charge is 0.410 e. The molecular weight excluding hydrogens is 339 g/mol. The summed E-state index contributed by atoms with van der Waals surface area (Å²) in [5.74, 6) is -0.694. The summed E-state index contributed by atoms with van der Waals surface area (Å²) in [6.07, 6.45) is -2.09. The van der Waals surface area contributed by atoms with Crippen LogP contribution in [0.3, 0.4) is 0 Å². The number of fused-ring (bicyclic) bond motifs is 1. The number of esters is 1. The SMILES string of the molecule is CCOC(=O)c1cnn2c1N[C@H](c1cnn(C)c1C)C[C@H]2C(F)(F)F. The zero-order valence-electron chi connectivity index (χ0n) is 14.0. The summed E-state index contributed by atoms with van der Waals surface area (Å²) >= 11 is 0. The van der Waals surface area contributed by atoms with E-state index in [2.05, 4.69) is 15.5 Å². The Bertz CT molecular complexity index is 796. The van der Waals surface area contributed by atoms with E-state index in [4.69, 9.17) is 4.74 Å². The molecule has 0 unspecified atom stereocenters. The third kappa shape index (κ3) is 2.96. The monoisotopic (exact) mass is 357 g/mol. The third-order valence-electron chi connectivity index (χ3n) is 4.38. The lowest BCUT2D eigenvalue weighted by Gasteiger charge is -2.33. The van der Waals surface area contributed by atoms with Gasteiger partial charge in [0.15, 0.2) is 6.04 Å². The molecule has 3 rings (SSSR count). The molecule has 1 aliphatic heterocycles. The molecule has 0 saturated carbocycles. The Morgan fingerprint density at radius 2 is 2.12 bits per heavy atom. The first-order chi connectivity index (χ1) is 11.7. The number of aromatic nitrogens is 4. The topological polar surface area (TPSA) is 74.0 Å². The maximum atomic E-state index is 13.5. The van der Waals surface area contributed by atoms with E-state index in [0.29, 0.717) is 5.56 Å². The fourth-order valence-corrected chi connectivity index (χ4v) is 2.98. The van der Waals surface area contributed by atoms with E-state index < -0.39 is 24.2 Å². The number of aryl methyl sites for hydroxylation is 1.